The van der Waals surface area contributed by atoms with Gasteiger partial charge in [0.1, 0.15) is 5.78 Å². The number of benzene rings is 1. The van der Waals surface area contributed by atoms with Gasteiger partial charge in [0.15, 0.2) is 0 Å². The third kappa shape index (κ3) is 1.45. The lowest BCUT2D eigenvalue weighted by Crippen LogP contribution is -2.49. The number of hydrogen-bond donors (Lipinski definition) is 0. The summed E-state index contributed by atoms with van der Waals surface area (Å²) in [7, 11) is 0. The molecule has 0 saturated heterocycles. The topological polar surface area (TPSA) is 17.1 Å². The molecule has 2 spiro atoms. The Morgan fingerprint density at radius 3 is 2.21 bits per heavy atom. The van der Waals surface area contributed by atoms with Crippen LogP contribution in [-0.2, 0) is 16.6 Å². The molecule has 1 aromatic rings. The lowest BCUT2D eigenvalue weighted by molar-refractivity contribution is -0.135. The van der Waals surface area contributed by atoms with Crippen molar-refractivity contribution in [3.8, 4) is 0 Å². The second-order valence-corrected chi connectivity index (χ2v) is 6.94. The van der Waals surface area contributed by atoms with Crippen LogP contribution in [0.15, 0.2) is 24.3 Å². The van der Waals surface area contributed by atoms with Gasteiger partial charge >= 0.3 is 0 Å². The maximum absolute atomic E-state index is 13.3. The molecule has 1 aromatic carbocycles. The molecule has 0 atom stereocenters. The Hall–Kier alpha value is -1.11. The van der Waals surface area contributed by atoms with E-state index in [1.54, 1.807) is 0 Å². The summed E-state index contributed by atoms with van der Waals surface area (Å²) < 4.78 is 0. The van der Waals surface area contributed by atoms with Crippen molar-refractivity contribution in [1.29, 1.82) is 0 Å². The monoisotopic (exact) mass is 254 g/mol. The summed E-state index contributed by atoms with van der Waals surface area (Å²) in [5.41, 5.74) is 2.78. The van der Waals surface area contributed by atoms with Gasteiger partial charge < -0.3 is 0 Å². The Bertz CT molecular complexity index is 516. The molecule has 3 aliphatic rings. The summed E-state index contributed by atoms with van der Waals surface area (Å²) >= 11 is 0. The highest BCUT2D eigenvalue weighted by molar-refractivity contribution is 5.97. The number of ketones is 1. The van der Waals surface area contributed by atoms with E-state index in [1.807, 2.05) is 0 Å². The molecule has 19 heavy (non-hydrogen) atoms. The second kappa shape index (κ2) is 3.94. The summed E-state index contributed by atoms with van der Waals surface area (Å²) in [6.45, 7) is 0. The molecule has 2 saturated carbocycles. The van der Waals surface area contributed by atoms with Gasteiger partial charge in [0, 0.05) is 5.41 Å². The zero-order chi connectivity index (χ0) is 12.9. The standard InChI is InChI=1S/C18H22O/c19-16-17(9-3-4-10-17)13-14-7-1-2-8-15(14)18(16)11-5-6-12-18/h1-2,7-8H,3-6,9-13H2. The number of hydrogen-bond acceptors (Lipinski definition) is 1. The fourth-order valence-electron chi connectivity index (χ4n) is 5.15. The molecule has 4 rings (SSSR count). The van der Waals surface area contributed by atoms with Gasteiger partial charge in [-0.2, -0.15) is 0 Å². The van der Waals surface area contributed by atoms with Crippen molar-refractivity contribution in [2.24, 2.45) is 5.41 Å². The SMILES string of the molecule is O=C1C2(CCCC2)Cc2ccccc2C12CCCC2. The highest BCUT2D eigenvalue weighted by Gasteiger charge is 2.56. The molecule has 0 amide bonds. The van der Waals surface area contributed by atoms with E-state index in [2.05, 4.69) is 24.3 Å². The average Bonchev–Trinajstić information content (AvgIpc) is 3.08. The van der Waals surface area contributed by atoms with Crippen LogP contribution in [0.2, 0.25) is 0 Å². The van der Waals surface area contributed by atoms with E-state index in [1.165, 1.54) is 36.8 Å². The number of carbonyl (C=O) groups is 1. The van der Waals surface area contributed by atoms with Crippen molar-refractivity contribution in [1.82, 2.24) is 0 Å². The van der Waals surface area contributed by atoms with Crippen molar-refractivity contribution >= 4 is 5.78 Å². The minimum atomic E-state index is -0.0980. The Morgan fingerprint density at radius 1 is 0.842 bits per heavy atom. The van der Waals surface area contributed by atoms with Crippen LogP contribution in [-0.4, -0.2) is 5.78 Å². The van der Waals surface area contributed by atoms with Gasteiger partial charge in [-0.05, 0) is 43.2 Å². The third-order valence-electron chi connectivity index (χ3n) is 6.00. The molecule has 3 aliphatic carbocycles. The smallest absolute Gasteiger partial charge is 0.149 e. The number of fused-ring (bicyclic) bond motifs is 2. The first-order valence-corrected chi connectivity index (χ1v) is 7.90. The van der Waals surface area contributed by atoms with E-state index in [9.17, 15) is 4.79 Å². The minimum Gasteiger partial charge on any atom is -0.298 e. The molecule has 0 unspecified atom stereocenters. The van der Waals surface area contributed by atoms with Gasteiger partial charge in [0.2, 0.25) is 0 Å². The van der Waals surface area contributed by atoms with Crippen LogP contribution < -0.4 is 0 Å². The molecule has 1 heteroatoms. The molecule has 0 aliphatic heterocycles. The number of Topliss-reactive ketones (excluding diaryl/α,β-unsaturated/α-hetero) is 1. The van der Waals surface area contributed by atoms with Crippen molar-refractivity contribution in [3.63, 3.8) is 0 Å². The number of rotatable bonds is 0. The highest BCUT2D eigenvalue weighted by Crippen LogP contribution is 2.56. The quantitative estimate of drug-likeness (QED) is 0.678. The lowest BCUT2D eigenvalue weighted by Gasteiger charge is -2.44. The van der Waals surface area contributed by atoms with Crippen molar-refractivity contribution in [3.05, 3.63) is 35.4 Å². The van der Waals surface area contributed by atoms with Crippen LogP contribution in [0, 0.1) is 5.41 Å². The van der Waals surface area contributed by atoms with Crippen molar-refractivity contribution < 1.29 is 4.79 Å². The van der Waals surface area contributed by atoms with Crippen LogP contribution in [0.5, 0.6) is 0 Å². The van der Waals surface area contributed by atoms with Gasteiger partial charge in [-0.25, -0.2) is 0 Å². The summed E-state index contributed by atoms with van der Waals surface area (Å²) in [6.07, 6.45) is 10.5. The lowest BCUT2D eigenvalue weighted by atomic mass is 9.57. The maximum atomic E-state index is 13.3. The van der Waals surface area contributed by atoms with E-state index >= 15 is 0 Å². The van der Waals surface area contributed by atoms with Crippen LogP contribution in [0.1, 0.15) is 62.5 Å². The molecule has 0 radical (unpaired) electrons. The Labute approximate surface area is 115 Å². The molecule has 1 nitrogen and oxygen atoms in total. The molecule has 0 bridgehead atoms. The van der Waals surface area contributed by atoms with E-state index in [0.29, 0.717) is 5.78 Å². The summed E-state index contributed by atoms with van der Waals surface area (Å²) in [5.74, 6) is 0.619. The summed E-state index contributed by atoms with van der Waals surface area (Å²) in [6, 6.07) is 8.79. The van der Waals surface area contributed by atoms with Crippen LogP contribution >= 0.6 is 0 Å². The molecule has 0 aromatic heterocycles. The second-order valence-electron chi connectivity index (χ2n) is 6.94. The molecule has 0 N–H and O–H groups in total. The zero-order valence-corrected chi connectivity index (χ0v) is 11.6. The molecule has 2 fully saturated rings. The Morgan fingerprint density at radius 2 is 1.47 bits per heavy atom. The third-order valence-corrected chi connectivity index (χ3v) is 6.00. The van der Waals surface area contributed by atoms with Gasteiger partial charge in [0.05, 0.1) is 5.41 Å². The highest BCUT2D eigenvalue weighted by atomic mass is 16.1. The molecular weight excluding hydrogens is 232 g/mol. The predicted molar refractivity (Wildman–Crippen MR) is 76.2 cm³/mol. The van der Waals surface area contributed by atoms with Crippen LogP contribution in [0.25, 0.3) is 0 Å². The summed E-state index contributed by atoms with van der Waals surface area (Å²) in [4.78, 5) is 13.3. The first-order chi connectivity index (χ1) is 9.27. The summed E-state index contributed by atoms with van der Waals surface area (Å²) in [5, 5.41) is 0. The van der Waals surface area contributed by atoms with Gasteiger partial charge in [0.25, 0.3) is 0 Å². The van der Waals surface area contributed by atoms with E-state index in [-0.39, 0.29) is 10.8 Å². The van der Waals surface area contributed by atoms with Crippen LogP contribution in [0.3, 0.4) is 0 Å². The van der Waals surface area contributed by atoms with Gasteiger partial charge in [-0.3, -0.25) is 4.79 Å². The van der Waals surface area contributed by atoms with Crippen LogP contribution in [0.4, 0.5) is 0 Å². The average molecular weight is 254 g/mol. The first kappa shape index (κ1) is 11.7. The largest absolute Gasteiger partial charge is 0.298 e. The van der Waals surface area contributed by atoms with Gasteiger partial charge in [-0.15, -0.1) is 0 Å². The molecule has 100 valence electrons. The fraction of sp³-hybridized carbons (Fsp3) is 0.611. The van der Waals surface area contributed by atoms with Crippen molar-refractivity contribution in [2.75, 3.05) is 0 Å². The Balaban J connectivity index is 1.91. The zero-order valence-electron chi connectivity index (χ0n) is 11.6. The first-order valence-electron chi connectivity index (χ1n) is 7.90. The van der Waals surface area contributed by atoms with Gasteiger partial charge in [-0.1, -0.05) is 49.9 Å². The molecule has 0 heterocycles. The number of carbonyl (C=O) groups excluding carboxylic acids is 1. The van der Waals surface area contributed by atoms with E-state index in [0.717, 1.165) is 32.1 Å². The Kier molecular flexibility index (Phi) is 2.43. The van der Waals surface area contributed by atoms with E-state index in [4.69, 9.17) is 0 Å². The van der Waals surface area contributed by atoms with E-state index < -0.39 is 0 Å². The minimum absolute atomic E-state index is 0.0126. The fourth-order valence-corrected chi connectivity index (χ4v) is 5.15. The predicted octanol–water partition coefficient (Wildman–Crippen LogP) is 4.18. The maximum Gasteiger partial charge on any atom is 0.149 e. The molecular formula is C18H22O. The normalized spacial score (nSPS) is 27.1. The van der Waals surface area contributed by atoms with Crippen molar-refractivity contribution in [2.45, 2.75) is 63.2 Å².